The zero-order valence-electron chi connectivity index (χ0n) is 13.6. The van der Waals surface area contributed by atoms with E-state index in [2.05, 4.69) is 0 Å². The molecule has 0 atom stereocenters. The molecule has 0 bridgehead atoms. The summed E-state index contributed by atoms with van der Waals surface area (Å²) in [6.45, 7) is 4.94. The summed E-state index contributed by atoms with van der Waals surface area (Å²) in [5.74, 6) is 0.153. The van der Waals surface area contributed by atoms with Gasteiger partial charge in [0.1, 0.15) is 5.75 Å². The van der Waals surface area contributed by atoms with E-state index in [1.54, 1.807) is 13.0 Å². The third-order valence-electron chi connectivity index (χ3n) is 3.91. The van der Waals surface area contributed by atoms with E-state index in [1.165, 1.54) is 27.1 Å². The average molecular weight is 338 g/mol. The smallest absolute Gasteiger partial charge is 0.346 e. The summed E-state index contributed by atoms with van der Waals surface area (Å²) >= 11 is 0. The molecule has 0 spiro atoms. The number of rotatable bonds is 3. The molecule has 0 saturated heterocycles. The van der Waals surface area contributed by atoms with Crippen molar-refractivity contribution in [1.82, 2.24) is 9.13 Å². The molecule has 124 valence electrons. The van der Waals surface area contributed by atoms with Crippen molar-refractivity contribution >= 4 is 10.1 Å². The average Bonchev–Trinajstić information content (AvgIpc) is 2.47. The molecule has 2 rings (SSSR count). The van der Waals surface area contributed by atoms with Crippen molar-refractivity contribution in [2.75, 3.05) is 0 Å². The molecule has 2 aromatic rings. The Balaban J connectivity index is 2.69. The monoisotopic (exact) mass is 338 g/mol. The van der Waals surface area contributed by atoms with E-state index in [0.717, 1.165) is 14.7 Å². The van der Waals surface area contributed by atoms with Crippen LogP contribution < -0.4 is 15.4 Å². The Morgan fingerprint density at radius 2 is 1.61 bits per heavy atom. The van der Waals surface area contributed by atoms with Gasteiger partial charge in [0.05, 0.1) is 0 Å². The highest BCUT2D eigenvalue weighted by Crippen LogP contribution is 2.24. The van der Waals surface area contributed by atoms with Gasteiger partial charge in [-0.3, -0.25) is 13.9 Å². The minimum atomic E-state index is -4.37. The van der Waals surface area contributed by atoms with Crippen LogP contribution in [-0.2, 0) is 24.2 Å². The number of benzene rings is 1. The zero-order valence-corrected chi connectivity index (χ0v) is 14.4. The topological polar surface area (TPSA) is 87.4 Å². The highest BCUT2D eigenvalue weighted by molar-refractivity contribution is 7.87. The summed E-state index contributed by atoms with van der Waals surface area (Å²) < 4.78 is 32.1. The summed E-state index contributed by atoms with van der Waals surface area (Å²) in [5, 5.41) is 0. The first-order chi connectivity index (χ1) is 10.6. The van der Waals surface area contributed by atoms with E-state index in [9.17, 15) is 18.0 Å². The molecule has 8 heteroatoms. The highest BCUT2D eigenvalue weighted by Gasteiger charge is 2.27. The lowest BCUT2D eigenvalue weighted by molar-refractivity contribution is 0.476. The van der Waals surface area contributed by atoms with Crippen LogP contribution >= 0.6 is 0 Å². The fraction of sp³-hybridized carbons (Fsp3) is 0.333. The van der Waals surface area contributed by atoms with Crippen LogP contribution in [0.25, 0.3) is 0 Å². The van der Waals surface area contributed by atoms with Gasteiger partial charge >= 0.3 is 15.8 Å². The fourth-order valence-electron chi connectivity index (χ4n) is 2.18. The molecular weight excluding hydrogens is 320 g/mol. The van der Waals surface area contributed by atoms with Gasteiger partial charge < -0.3 is 4.18 Å². The van der Waals surface area contributed by atoms with E-state index in [-0.39, 0.29) is 11.4 Å². The summed E-state index contributed by atoms with van der Waals surface area (Å²) in [6.07, 6.45) is 0. The third kappa shape index (κ3) is 2.81. The second kappa shape index (κ2) is 5.69. The third-order valence-corrected chi connectivity index (χ3v) is 5.28. The first kappa shape index (κ1) is 17.0. The Kier molecular flexibility index (Phi) is 4.21. The molecule has 1 aromatic heterocycles. The number of hydrogen-bond acceptors (Lipinski definition) is 5. The minimum Gasteiger partial charge on any atom is -0.378 e. The molecule has 0 aliphatic heterocycles. The highest BCUT2D eigenvalue weighted by atomic mass is 32.2. The van der Waals surface area contributed by atoms with E-state index in [4.69, 9.17) is 4.18 Å². The van der Waals surface area contributed by atoms with Crippen molar-refractivity contribution in [2.24, 2.45) is 14.1 Å². The number of aromatic nitrogens is 2. The Labute approximate surface area is 133 Å². The standard InChI is InChI=1S/C15H18N2O5S/c1-9-7-6-8-12(10(9)2)22-23(20,21)13-11(3)16(4)15(19)17(5)14(13)18/h6-8H,1-5H3. The zero-order chi connectivity index (χ0) is 17.5. The summed E-state index contributed by atoms with van der Waals surface area (Å²) in [5.41, 5.74) is 0.0515. The van der Waals surface area contributed by atoms with Gasteiger partial charge in [0.25, 0.3) is 5.56 Å². The maximum absolute atomic E-state index is 12.6. The van der Waals surface area contributed by atoms with Gasteiger partial charge in [0.2, 0.25) is 0 Å². The van der Waals surface area contributed by atoms with Crippen LogP contribution in [0.4, 0.5) is 0 Å². The van der Waals surface area contributed by atoms with E-state index in [1.807, 2.05) is 13.0 Å². The van der Waals surface area contributed by atoms with E-state index in [0.29, 0.717) is 5.56 Å². The van der Waals surface area contributed by atoms with Crippen molar-refractivity contribution in [3.8, 4) is 5.75 Å². The van der Waals surface area contributed by atoms with Crippen molar-refractivity contribution in [1.29, 1.82) is 0 Å². The van der Waals surface area contributed by atoms with Crippen LogP contribution in [0.5, 0.6) is 5.75 Å². The molecule has 0 amide bonds. The predicted molar refractivity (Wildman–Crippen MR) is 85.4 cm³/mol. The van der Waals surface area contributed by atoms with Crippen LogP contribution in [0.3, 0.4) is 0 Å². The lowest BCUT2D eigenvalue weighted by Gasteiger charge is -2.14. The molecule has 0 aliphatic carbocycles. The molecule has 23 heavy (non-hydrogen) atoms. The maximum Gasteiger partial charge on any atom is 0.346 e. The molecule has 0 saturated carbocycles. The van der Waals surface area contributed by atoms with E-state index >= 15 is 0 Å². The van der Waals surface area contributed by atoms with Crippen LogP contribution in [0.15, 0.2) is 32.7 Å². The van der Waals surface area contributed by atoms with Gasteiger partial charge in [-0.2, -0.15) is 8.42 Å². The van der Waals surface area contributed by atoms with Gasteiger partial charge in [0.15, 0.2) is 4.90 Å². The van der Waals surface area contributed by atoms with Crippen molar-refractivity contribution < 1.29 is 12.6 Å². The molecule has 0 aliphatic rings. The summed E-state index contributed by atoms with van der Waals surface area (Å²) in [4.78, 5) is 23.5. The van der Waals surface area contributed by atoms with Crippen LogP contribution in [0.1, 0.15) is 16.8 Å². The van der Waals surface area contributed by atoms with E-state index < -0.39 is 26.3 Å². The lowest BCUT2D eigenvalue weighted by Crippen LogP contribution is -2.41. The second-order valence-electron chi connectivity index (χ2n) is 5.36. The molecule has 0 radical (unpaired) electrons. The van der Waals surface area contributed by atoms with Crippen LogP contribution in [0.2, 0.25) is 0 Å². The SMILES string of the molecule is Cc1cccc(OS(=O)(=O)c2c(C)n(C)c(=O)n(C)c2=O)c1C. The van der Waals surface area contributed by atoms with Gasteiger partial charge in [-0.05, 0) is 38.0 Å². The maximum atomic E-state index is 12.6. The normalized spacial score (nSPS) is 11.5. The Hall–Kier alpha value is -2.35. The summed E-state index contributed by atoms with van der Waals surface area (Å²) in [6, 6.07) is 5.01. The van der Waals surface area contributed by atoms with Crippen molar-refractivity contribution in [2.45, 2.75) is 25.7 Å². The quantitative estimate of drug-likeness (QED) is 0.772. The number of nitrogens with zero attached hydrogens (tertiary/aromatic N) is 2. The van der Waals surface area contributed by atoms with Crippen LogP contribution in [0, 0.1) is 20.8 Å². The first-order valence-corrected chi connectivity index (χ1v) is 8.26. The Morgan fingerprint density at radius 3 is 2.22 bits per heavy atom. The molecule has 7 nitrogen and oxygen atoms in total. The molecule has 1 heterocycles. The van der Waals surface area contributed by atoms with Crippen molar-refractivity contribution in [3.05, 3.63) is 55.9 Å². The fourth-order valence-corrected chi connectivity index (χ4v) is 3.53. The molecule has 0 N–H and O–H groups in total. The van der Waals surface area contributed by atoms with Crippen LogP contribution in [-0.4, -0.2) is 17.6 Å². The molecular formula is C15H18N2O5S. The Morgan fingerprint density at radius 1 is 1.00 bits per heavy atom. The van der Waals surface area contributed by atoms with Gasteiger partial charge in [-0.1, -0.05) is 12.1 Å². The minimum absolute atomic E-state index is 0.0309. The largest absolute Gasteiger partial charge is 0.378 e. The second-order valence-corrected chi connectivity index (χ2v) is 6.84. The Bertz CT molecular complexity index is 1000. The molecule has 0 unspecified atom stereocenters. The lowest BCUT2D eigenvalue weighted by atomic mass is 10.1. The number of aryl methyl sites for hydroxylation is 1. The molecule has 1 aromatic carbocycles. The number of hydrogen-bond donors (Lipinski definition) is 0. The van der Waals surface area contributed by atoms with Gasteiger partial charge in [0, 0.05) is 19.8 Å². The predicted octanol–water partition coefficient (Wildman–Crippen LogP) is 0.777. The summed E-state index contributed by atoms with van der Waals surface area (Å²) in [7, 11) is -1.75. The van der Waals surface area contributed by atoms with Gasteiger partial charge in [-0.15, -0.1) is 0 Å². The first-order valence-electron chi connectivity index (χ1n) is 6.85. The van der Waals surface area contributed by atoms with Gasteiger partial charge in [-0.25, -0.2) is 4.79 Å². The van der Waals surface area contributed by atoms with Crippen molar-refractivity contribution in [3.63, 3.8) is 0 Å². The molecule has 0 fully saturated rings.